The van der Waals surface area contributed by atoms with Crippen LogP contribution in [0, 0.1) is 0 Å². The lowest BCUT2D eigenvalue weighted by molar-refractivity contribution is -0.133. The van der Waals surface area contributed by atoms with Gasteiger partial charge in [0.05, 0.1) is 25.1 Å². The van der Waals surface area contributed by atoms with Crippen LogP contribution in [0.3, 0.4) is 0 Å². The van der Waals surface area contributed by atoms with Crippen LogP contribution in [0.2, 0.25) is 0 Å². The lowest BCUT2D eigenvalue weighted by atomic mass is 10.0. The molecule has 0 spiro atoms. The quantitative estimate of drug-likeness (QED) is 0.279. The van der Waals surface area contributed by atoms with E-state index in [1.54, 1.807) is 30.6 Å². The molecule has 6 rings (SSSR count). The van der Waals surface area contributed by atoms with Crippen molar-refractivity contribution >= 4 is 34.9 Å². The van der Waals surface area contributed by atoms with Crippen LogP contribution < -0.4 is 10.1 Å². The van der Waals surface area contributed by atoms with Gasteiger partial charge in [-0.05, 0) is 43.4 Å². The zero-order chi connectivity index (χ0) is 30.6. The van der Waals surface area contributed by atoms with Crippen LogP contribution in [-0.2, 0) is 16.1 Å². The third-order valence-corrected chi connectivity index (χ3v) is 8.59. The van der Waals surface area contributed by atoms with Crippen molar-refractivity contribution in [2.75, 3.05) is 51.0 Å². The van der Waals surface area contributed by atoms with Gasteiger partial charge < -0.3 is 19.7 Å². The Morgan fingerprint density at radius 1 is 1.18 bits per heavy atom. The van der Waals surface area contributed by atoms with E-state index in [0.717, 1.165) is 44.0 Å². The number of thioether (sulfide) groups is 1. The minimum Gasteiger partial charge on any atom is -0.434 e. The molecule has 0 saturated carbocycles. The zero-order valence-electron chi connectivity index (χ0n) is 24.1. The topological polar surface area (TPSA) is 119 Å². The summed E-state index contributed by atoms with van der Waals surface area (Å²) in [5.74, 6) is -0.743. The maximum atomic E-state index is 13.4. The molecule has 0 radical (unpaired) electrons. The normalized spacial score (nSPS) is 16.5. The van der Waals surface area contributed by atoms with Crippen molar-refractivity contribution in [2.45, 2.75) is 36.9 Å². The average Bonchev–Trinajstić information content (AvgIpc) is 3.65. The van der Waals surface area contributed by atoms with Crippen molar-refractivity contribution < 1.29 is 27.8 Å². The van der Waals surface area contributed by atoms with Crippen molar-refractivity contribution in [3.8, 4) is 17.0 Å². The van der Waals surface area contributed by atoms with Gasteiger partial charge in [-0.2, -0.15) is 19.0 Å². The van der Waals surface area contributed by atoms with E-state index >= 15 is 0 Å². The lowest BCUT2D eigenvalue weighted by Crippen LogP contribution is -2.50. The Kier molecular flexibility index (Phi) is 9.04. The van der Waals surface area contributed by atoms with Gasteiger partial charge in [0, 0.05) is 61.3 Å². The van der Waals surface area contributed by atoms with Gasteiger partial charge in [0.15, 0.2) is 5.65 Å². The van der Waals surface area contributed by atoms with E-state index in [2.05, 4.69) is 25.4 Å². The zero-order valence-corrected chi connectivity index (χ0v) is 24.9. The van der Waals surface area contributed by atoms with Crippen molar-refractivity contribution in [2.24, 2.45) is 0 Å². The van der Waals surface area contributed by atoms with E-state index in [9.17, 15) is 18.4 Å². The van der Waals surface area contributed by atoms with Gasteiger partial charge in [-0.25, -0.2) is 9.50 Å². The molecule has 5 heterocycles. The third-order valence-electron chi connectivity index (χ3n) is 7.87. The molecule has 0 aliphatic carbocycles. The molecule has 12 nitrogen and oxygen atoms in total. The number of alkyl halides is 2. The number of nitrogens with zero attached hydrogens (tertiary/aromatic N) is 7. The highest BCUT2D eigenvalue weighted by molar-refractivity contribution is 7.98. The molecular weight excluding hydrogens is 594 g/mol. The molecule has 2 fully saturated rings. The molecule has 232 valence electrons. The van der Waals surface area contributed by atoms with Gasteiger partial charge in [0.25, 0.3) is 5.91 Å². The summed E-state index contributed by atoms with van der Waals surface area (Å²) in [5, 5.41) is 11.6. The van der Waals surface area contributed by atoms with Gasteiger partial charge in [0.2, 0.25) is 5.91 Å². The summed E-state index contributed by atoms with van der Waals surface area (Å²) in [5.41, 5.74) is 1.23. The van der Waals surface area contributed by atoms with E-state index in [1.807, 2.05) is 11.2 Å². The van der Waals surface area contributed by atoms with Crippen LogP contribution in [0.1, 0.15) is 23.2 Å². The maximum Gasteiger partial charge on any atom is 0.387 e. The lowest BCUT2D eigenvalue weighted by Gasteiger charge is -2.40. The number of amides is 2. The Labute approximate surface area is 256 Å². The van der Waals surface area contributed by atoms with Crippen LogP contribution in [0.15, 0.2) is 53.9 Å². The SMILES string of the molecule is CSc1ccc(OC(F)F)c(-c2nn(CC(=O)N3CCC(N4CCOCC4)CC3)cc2NC(=O)c2cnn3cccnc23)c1. The van der Waals surface area contributed by atoms with Gasteiger partial charge in [0.1, 0.15) is 23.6 Å². The molecule has 0 bridgehead atoms. The van der Waals surface area contributed by atoms with Gasteiger partial charge in [-0.15, -0.1) is 11.8 Å². The Hall–Kier alpha value is -4.08. The van der Waals surface area contributed by atoms with E-state index < -0.39 is 12.5 Å². The summed E-state index contributed by atoms with van der Waals surface area (Å²) in [6.07, 6.45) is 9.75. The van der Waals surface area contributed by atoms with Crippen LogP contribution in [0.25, 0.3) is 16.9 Å². The molecular formula is C29H32F2N8O4S. The summed E-state index contributed by atoms with van der Waals surface area (Å²) in [4.78, 5) is 36.1. The number of halogens is 2. The first kappa shape index (κ1) is 30.0. The first-order chi connectivity index (χ1) is 21.4. The predicted octanol–water partition coefficient (Wildman–Crippen LogP) is 3.49. The summed E-state index contributed by atoms with van der Waals surface area (Å²) in [7, 11) is 0. The molecule has 2 aliphatic rings. The highest BCUT2D eigenvalue weighted by atomic mass is 32.2. The standard InChI is InChI=1S/C29H32F2N8O4S/c1-44-20-3-4-24(43-29(30)31)21(15-20)26-23(34-28(41)22-16-33-39-8-2-7-32-27(22)39)17-38(35-26)18-25(40)37-9-5-19(6-10-37)36-11-13-42-14-12-36/h2-4,7-8,15-17,19,29H,5-6,9-14,18H2,1H3,(H,34,41). The first-order valence-corrected chi connectivity index (χ1v) is 15.5. The van der Waals surface area contributed by atoms with E-state index in [4.69, 9.17) is 9.47 Å². The number of morpholine rings is 1. The second kappa shape index (κ2) is 13.3. The number of rotatable bonds is 9. The molecule has 3 aromatic heterocycles. The number of piperidine rings is 1. The predicted molar refractivity (Wildman–Crippen MR) is 159 cm³/mol. The summed E-state index contributed by atoms with van der Waals surface area (Å²) in [6, 6.07) is 6.88. The number of nitrogens with one attached hydrogen (secondary N) is 1. The van der Waals surface area contributed by atoms with Crippen LogP contribution in [0.5, 0.6) is 5.75 Å². The minimum absolute atomic E-state index is 0.0867. The number of hydrogen-bond donors (Lipinski definition) is 1. The summed E-state index contributed by atoms with van der Waals surface area (Å²) < 4.78 is 39.9. The van der Waals surface area contributed by atoms with Crippen LogP contribution in [0.4, 0.5) is 14.5 Å². The van der Waals surface area contributed by atoms with Crippen molar-refractivity contribution in [3.05, 3.63) is 54.6 Å². The number of carbonyl (C=O) groups excluding carboxylic acids is 2. The average molecular weight is 627 g/mol. The third kappa shape index (κ3) is 6.54. The molecule has 2 saturated heterocycles. The Balaban J connectivity index is 1.26. The fourth-order valence-electron chi connectivity index (χ4n) is 5.65. The molecule has 1 N–H and O–H groups in total. The number of likely N-dealkylation sites (tertiary alicyclic amines) is 1. The number of hydrogen-bond acceptors (Lipinski definition) is 9. The highest BCUT2D eigenvalue weighted by Gasteiger charge is 2.29. The number of anilines is 1. The fourth-order valence-corrected chi connectivity index (χ4v) is 6.09. The van der Waals surface area contributed by atoms with Gasteiger partial charge in [-0.1, -0.05) is 0 Å². The number of carbonyl (C=O) groups is 2. The van der Waals surface area contributed by atoms with Gasteiger partial charge >= 0.3 is 6.61 Å². The first-order valence-electron chi connectivity index (χ1n) is 14.3. The van der Waals surface area contributed by atoms with E-state index in [-0.39, 0.29) is 40.7 Å². The molecule has 2 amide bonds. The molecule has 1 aromatic carbocycles. The maximum absolute atomic E-state index is 13.4. The Morgan fingerprint density at radius 3 is 2.73 bits per heavy atom. The second-order valence-corrected chi connectivity index (χ2v) is 11.4. The number of fused-ring (bicyclic) bond motifs is 1. The molecule has 0 atom stereocenters. The van der Waals surface area contributed by atoms with Crippen molar-refractivity contribution in [1.82, 2.24) is 34.2 Å². The number of benzene rings is 1. The second-order valence-electron chi connectivity index (χ2n) is 10.5. The van der Waals surface area contributed by atoms with Crippen LogP contribution >= 0.6 is 11.8 Å². The van der Waals surface area contributed by atoms with Crippen molar-refractivity contribution in [3.63, 3.8) is 0 Å². The number of aromatic nitrogens is 5. The van der Waals surface area contributed by atoms with Gasteiger partial charge in [-0.3, -0.25) is 19.2 Å². The fraction of sp³-hybridized carbons (Fsp3) is 0.414. The monoisotopic (exact) mass is 626 g/mol. The Morgan fingerprint density at radius 2 is 1.98 bits per heavy atom. The number of ether oxygens (including phenoxy) is 2. The van der Waals surface area contributed by atoms with Crippen LogP contribution in [-0.4, -0.2) is 104 Å². The highest BCUT2D eigenvalue weighted by Crippen LogP contribution is 2.38. The largest absolute Gasteiger partial charge is 0.434 e. The molecule has 0 unspecified atom stereocenters. The van der Waals surface area contributed by atoms with E-state index in [1.165, 1.54) is 39.4 Å². The molecule has 4 aromatic rings. The molecule has 15 heteroatoms. The molecule has 2 aliphatic heterocycles. The molecule has 44 heavy (non-hydrogen) atoms. The Bertz CT molecular complexity index is 1630. The van der Waals surface area contributed by atoms with Crippen molar-refractivity contribution in [1.29, 1.82) is 0 Å². The summed E-state index contributed by atoms with van der Waals surface area (Å²) >= 11 is 1.42. The minimum atomic E-state index is -3.07. The smallest absolute Gasteiger partial charge is 0.387 e. The summed E-state index contributed by atoms with van der Waals surface area (Å²) in [6.45, 7) is 1.38. The van der Waals surface area contributed by atoms with E-state index in [0.29, 0.717) is 24.8 Å².